The van der Waals surface area contributed by atoms with Crippen molar-refractivity contribution in [3.05, 3.63) is 33.5 Å². The van der Waals surface area contributed by atoms with Crippen LogP contribution in [-0.4, -0.2) is 18.1 Å². The lowest BCUT2D eigenvalue weighted by atomic mass is 10.2. The lowest BCUT2D eigenvalue weighted by Gasteiger charge is -1.92. The Kier molecular flexibility index (Phi) is 2.45. The van der Waals surface area contributed by atoms with E-state index in [0.29, 0.717) is 5.69 Å². The van der Waals surface area contributed by atoms with Gasteiger partial charge in [0.2, 0.25) is 0 Å². The van der Waals surface area contributed by atoms with E-state index in [4.69, 9.17) is 0 Å². The summed E-state index contributed by atoms with van der Waals surface area (Å²) in [6, 6.07) is 7.75. The molecule has 72 valence electrons. The molecule has 0 aliphatic carbocycles. The molecule has 1 heterocycles. The predicted molar refractivity (Wildman–Crippen MR) is 62.4 cm³/mol. The van der Waals surface area contributed by atoms with Gasteiger partial charge in [-0.05, 0) is 40.8 Å². The van der Waals surface area contributed by atoms with Crippen LogP contribution in [0.3, 0.4) is 0 Å². The summed E-state index contributed by atoms with van der Waals surface area (Å²) in [4.78, 5) is 14.2. The number of aromatic amines is 1. The van der Waals surface area contributed by atoms with Crippen molar-refractivity contribution >= 4 is 39.5 Å². The molecule has 1 aromatic heterocycles. The number of aromatic nitrogens is 1. The minimum Gasteiger partial charge on any atom is -0.464 e. The van der Waals surface area contributed by atoms with Gasteiger partial charge in [-0.2, -0.15) is 0 Å². The molecule has 0 amide bonds. The van der Waals surface area contributed by atoms with Crippen LogP contribution < -0.4 is 0 Å². The summed E-state index contributed by atoms with van der Waals surface area (Å²) in [7, 11) is 1.37. The van der Waals surface area contributed by atoms with Crippen LogP contribution in [0.1, 0.15) is 10.5 Å². The Morgan fingerprint density at radius 3 is 2.93 bits per heavy atom. The number of nitrogens with one attached hydrogen (secondary N) is 1. The van der Waals surface area contributed by atoms with E-state index in [1.54, 1.807) is 6.07 Å². The molecule has 1 N–H and O–H groups in total. The first-order valence-corrected chi connectivity index (χ1v) is 5.15. The van der Waals surface area contributed by atoms with Gasteiger partial charge in [0.1, 0.15) is 5.69 Å². The minimum atomic E-state index is -0.337. The van der Waals surface area contributed by atoms with E-state index in [2.05, 4.69) is 32.3 Å². The number of fused-ring (bicyclic) bond motifs is 1. The second kappa shape index (κ2) is 3.61. The van der Waals surface area contributed by atoms with Crippen LogP contribution in [0.2, 0.25) is 0 Å². The molecule has 0 aliphatic rings. The highest BCUT2D eigenvalue weighted by Crippen LogP contribution is 2.18. The molecule has 1 aromatic carbocycles. The largest absolute Gasteiger partial charge is 0.464 e. The maximum absolute atomic E-state index is 11.2. The summed E-state index contributed by atoms with van der Waals surface area (Å²) >= 11 is 2.23. The first-order valence-electron chi connectivity index (χ1n) is 4.07. The third-order valence-electron chi connectivity index (χ3n) is 1.99. The molecule has 0 aliphatic heterocycles. The number of esters is 1. The van der Waals surface area contributed by atoms with E-state index in [0.717, 1.165) is 14.5 Å². The van der Waals surface area contributed by atoms with Crippen molar-refractivity contribution in [2.75, 3.05) is 7.11 Å². The average molecular weight is 301 g/mol. The summed E-state index contributed by atoms with van der Waals surface area (Å²) < 4.78 is 5.76. The van der Waals surface area contributed by atoms with Crippen molar-refractivity contribution in [2.24, 2.45) is 0 Å². The van der Waals surface area contributed by atoms with Gasteiger partial charge in [-0.25, -0.2) is 4.79 Å². The Hall–Kier alpha value is -1.04. The topological polar surface area (TPSA) is 42.1 Å². The van der Waals surface area contributed by atoms with E-state index in [1.807, 2.05) is 18.2 Å². The quantitative estimate of drug-likeness (QED) is 0.650. The van der Waals surface area contributed by atoms with Crippen LogP contribution in [0, 0.1) is 3.57 Å². The molecule has 14 heavy (non-hydrogen) atoms. The molecule has 3 nitrogen and oxygen atoms in total. The summed E-state index contributed by atoms with van der Waals surface area (Å²) in [6.45, 7) is 0. The summed E-state index contributed by atoms with van der Waals surface area (Å²) in [5.74, 6) is -0.337. The van der Waals surface area contributed by atoms with Crippen molar-refractivity contribution in [3.63, 3.8) is 0 Å². The van der Waals surface area contributed by atoms with Gasteiger partial charge in [-0.15, -0.1) is 0 Å². The van der Waals surface area contributed by atoms with E-state index >= 15 is 0 Å². The van der Waals surface area contributed by atoms with Gasteiger partial charge in [-0.1, -0.05) is 6.07 Å². The number of halogens is 1. The van der Waals surface area contributed by atoms with Crippen LogP contribution in [0.25, 0.3) is 10.9 Å². The molecular weight excluding hydrogens is 293 g/mol. The molecule has 0 spiro atoms. The normalized spacial score (nSPS) is 10.4. The highest BCUT2D eigenvalue weighted by atomic mass is 127. The Bertz CT molecular complexity index is 490. The molecule has 0 saturated carbocycles. The van der Waals surface area contributed by atoms with E-state index in [1.165, 1.54) is 7.11 Å². The molecule has 0 fully saturated rings. The third-order valence-corrected chi connectivity index (χ3v) is 2.66. The molecule has 0 bridgehead atoms. The second-order valence-electron chi connectivity index (χ2n) is 2.91. The van der Waals surface area contributed by atoms with Gasteiger partial charge < -0.3 is 9.72 Å². The molecule has 0 saturated heterocycles. The van der Waals surface area contributed by atoms with E-state index in [9.17, 15) is 4.79 Å². The van der Waals surface area contributed by atoms with Crippen molar-refractivity contribution in [1.82, 2.24) is 4.98 Å². The lowest BCUT2D eigenvalue weighted by Crippen LogP contribution is -2.00. The Morgan fingerprint density at radius 2 is 2.21 bits per heavy atom. The SMILES string of the molecule is COC(=O)c1cc2ccc(I)cc2[nH]1. The number of carbonyl (C=O) groups is 1. The number of ether oxygens (including phenoxy) is 1. The van der Waals surface area contributed by atoms with Gasteiger partial charge in [-0.3, -0.25) is 0 Å². The molecule has 2 aromatic rings. The zero-order chi connectivity index (χ0) is 10.1. The zero-order valence-electron chi connectivity index (χ0n) is 7.50. The fourth-order valence-electron chi connectivity index (χ4n) is 1.32. The first-order chi connectivity index (χ1) is 6.70. The summed E-state index contributed by atoms with van der Waals surface area (Å²) in [5, 5.41) is 1.02. The number of benzene rings is 1. The Labute approximate surface area is 94.6 Å². The van der Waals surface area contributed by atoms with Crippen LogP contribution in [0.4, 0.5) is 0 Å². The summed E-state index contributed by atoms with van der Waals surface area (Å²) in [6.07, 6.45) is 0. The zero-order valence-corrected chi connectivity index (χ0v) is 9.66. The van der Waals surface area contributed by atoms with Crippen molar-refractivity contribution in [1.29, 1.82) is 0 Å². The first kappa shape index (κ1) is 9.51. The number of H-pyrrole nitrogens is 1. The van der Waals surface area contributed by atoms with Gasteiger partial charge in [0.05, 0.1) is 7.11 Å². The number of hydrogen-bond acceptors (Lipinski definition) is 2. The van der Waals surface area contributed by atoms with Crippen LogP contribution in [-0.2, 0) is 4.74 Å². The molecule has 2 rings (SSSR count). The van der Waals surface area contributed by atoms with Gasteiger partial charge in [0.25, 0.3) is 0 Å². The van der Waals surface area contributed by atoms with Gasteiger partial charge in [0.15, 0.2) is 0 Å². The van der Waals surface area contributed by atoms with Crippen LogP contribution in [0.15, 0.2) is 24.3 Å². The molecule has 0 unspecified atom stereocenters. The van der Waals surface area contributed by atoms with E-state index in [-0.39, 0.29) is 5.97 Å². The fourth-order valence-corrected chi connectivity index (χ4v) is 1.81. The fraction of sp³-hybridized carbons (Fsp3) is 0.100. The molecule has 0 atom stereocenters. The van der Waals surface area contributed by atoms with Gasteiger partial charge in [0, 0.05) is 14.5 Å². The van der Waals surface area contributed by atoms with Crippen LogP contribution >= 0.6 is 22.6 Å². The van der Waals surface area contributed by atoms with Gasteiger partial charge >= 0.3 is 5.97 Å². The number of hydrogen-bond donors (Lipinski definition) is 1. The molecule has 4 heteroatoms. The van der Waals surface area contributed by atoms with Crippen molar-refractivity contribution in [3.8, 4) is 0 Å². The number of rotatable bonds is 1. The molecular formula is C10H8INO2. The predicted octanol–water partition coefficient (Wildman–Crippen LogP) is 2.56. The minimum absolute atomic E-state index is 0.337. The smallest absolute Gasteiger partial charge is 0.354 e. The van der Waals surface area contributed by atoms with Crippen molar-refractivity contribution < 1.29 is 9.53 Å². The Morgan fingerprint density at radius 1 is 1.43 bits per heavy atom. The maximum atomic E-state index is 11.2. The highest BCUT2D eigenvalue weighted by molar-refractivity contribution is 14.1. The number of carbonyl (C=O) groups excluding carboxylic acids is 1. The van der Waals surface area contributed by atoms with Crippen molar-refractivity contribution in [2.45, 2.75) is 0 Å². The second-order valence-corrected chi connectivity index (χ2v) is 4.15. The van der Waals surface area contributed by atoms with Crippen LogP contribution in [0.5, 0.6) is 0 Å². The molecule has 0 radical (unpaired) electrons. The number of methoxy groups -OCH3 is 1. The highest BCUT2D eigenvalue weighted by Gasteiger charge is 2.08. The van der Waals surface area contributed by atoms with E-state index < -0.39 is 0 Å². The summed E-state index contributed by atoms with van der Waals surface area (Å²) in [5.41, 5.74) is 1.45. The Balaban J connectivity index is 2.56. The average Bonchev–Trinajstić information content (AvgIpc) is 2.59. The maximum Gasteiger partial charge on any atom is 0.354 e. The third kappa shape index (κ3) is 1.61. The lowest BCUT2D eigenvalue weighted by molar-refractivity contribution is 0.0595. The monoisotopic (exact) mass is 301 g/mol. The standard InChI is InChI=1S/C10H8INO2/c1-14-10(13)9-4-6-2-3-7(11)5-8(6)12-9/h2-5,12H,1H3.